The van der Waals surface area contributed by atoms with Crippen LogP contribution in [0.2, 0.25) is 0 Å². The number of hydrogen-bond acceptors (Lipinski definition) is 4. The molecule has 2 N–H and O–H groups in total. The number of nitrogens with two attached hydrogens (primary N) is 1. The standard InChI is InChI=1S/C15H19N3O2S/c1-12(18(2)11-14-7-3-4-9-17-14)13-6-5-8-15(10-13)21(16,19)20/h3-10,12H,11H2,1-2H3,(H2,16,19,20). The molecule has 112 valence electrons. The smallest absolute Gasteiger partial charge is 0.238 e. The molecule has 2 rings (SSSR count). The topological polar surface area (TPSA) is 76.3 Å². The lowest BCUT2D eigenvalue weighted by atomic mass is 10.1. The molecule has 0 aliphatic rings. The predicted molar refractivity (Wildman–Crippen MR) is 81.9 cm³/mol. The van der Waals surface area contributed by atoms with E-state index in [0.29, 0.717) is 6.54 Å². The van der Waals surface area contributed by atoms with Gasteiger partial charge in [-0.1, -0.05) is 18.2 Å². The van der Waals surface area contributed by atoms with E-state index in [1.54, 1.807) is 18.3 Å². The van der Waals surface area contributed by atoms with Crippen molar-refractivity contribution in [3.05, 3.63) is 59.9 Å². The molecule has 5 nitrogen and oxygen atoms in total. The Kier molecular flexibility index (Phi) is 4.72. The van der Waals surface area contributed by atoms with Gasteiger partial charge >= 0.3 is 0 Å². The van der Waals surface area contributed by atoms with Crippen LogP contribution in [-0.2, 0) is 16.6 Å². The molecule has 0 amide bonds. The molecule has 1 heterocycles. The number of primary sulfonamides is 1. The Hall–Kier alpha value is -1.76. The summed E-state index contributed by atoms with van der Waals surface area (Å²) in [5, 5.41) is 5.17. The van der Waals surface area contributed by atoms with Gasteiger partial charge in [0.05, 0.1) is 10.6 Å². The number of hydrogen-bond donors (Lipinski definition) is 1. The first kappa shape index (κ1) is 15.6. The van der Waals surface area contributed by atoms with Crippen LogP contribution in [-0.4, -0.2) is 25.3 Å². The van der Waals surface area contributed by atoms with Crippen LogP contribution in [0.15, 0.2) is 53.6 Å². The molecule has 0 saturated carbocycles. The zero-order valence-electron chi connectivity index (χ0n) is 12.1. The first-order valence-corrected chi connectivity index (χ1v) is 8.15. The van der Waals surface area contributed by atoms with Crippen molar-refractivity contribution >= 4 is 10.0 Å². The zero-order valence-corrected chi connectivity index (χ0v) is 12.9. The third kappa shape index (κ3) is 4.10. The van der Waals surface area contributed by atoms with Crippen molar-refractivity contribution in [2.24, 2.45) is 5.14 Å². The minimum Gasteiger partial charge on any atom is -0.294 e. The molecule has 1 atom stereocenters. The number of benzene rings is 1. The van der Waals surface area contributed by atoms with Crippen LogP contribution in [0.4, 0.5) is 0 Å². The van der Waals surface area contributed by atoms with Crippen LogP contribution in [0.3, 0.4) is 0 Å². The van der Waals surface area contributed by atoms with Crippen molar-refractivity contribution in [1.29, 1.82) is 0 Å². The molecular weight excluding hydrogens is 286 g/mol. The third-order valence-electron chi connectivity index (χ3n) is 3.47. The van der Waals surface area contributed by atoms with Crippen LogP contribution >= 0.6 is 0 Å². The Labute approximate surface area is 125 Å². The van der Waals surface area contributed by atoms with Gasteiger partial charge < -0.3 is 0 Å². The zero-order chi connectivity index (χ0) is 15.5. The average Bonchev–Trinajstić information content (AvgIpc) is 2.46. The molecule has 0 radical (unpaired) electrons. The van der Waals surface area contributed by atoms with Gasteiger partial charge in [0, 0.05) is 18.8 Å². The minimum absolute atomic E-state index is 0.0497. The fourth-order valence-corrected chi connectivity index (χ4v) is 2.66. The molecule has 21 heavy (non-hydrogen) atoms. The third-order valence-corrected chi connectivity index (χ3v) is 4.38. The van der Waals surface area contributed by atoms with Gasteiger partial charge in [-0.15, -0.1) is 0 Å². The largest absolute Gasteiger partial charge is 0.294 e. The predicted octanol–water partition coefficient (Wildman–Crippen LogP) is 1.92. The molecule has 0 bridgehead atoms. The van der Waals surface area contributed by atoms with Gasteiger partial charge in [0.2, 0.25) is 10.0 Å². The van der Waals surface area contributed by atoms with Crippen LogP contribution in [0.1, 0.15) is 24.2 Å². The van der Waals surface area contributed by atoms with Gasteiger partial charge in [-0.25, -0.2) is 13.6 Å². The second-order valence-electron chi connectivity index (χ2n) is 5.03. The van der Waals surface area contributed by atoms with E-state index in [4.69, 9.17) is 5.14 Å². The van der Waals surface area contributed by atoms with Crippen molar-refractivity contribution in [3.8, 4) is 0 Å². The van der Waals surface area contributed by atoms with E-state index in [2.05, 4.69) is 9.88 Å². The van der Waals surface area contributed by atoms with Gasteiger partial charge in [0.1, 0.15) is 0 Å². The van der Waals surface area contributed by atoms with Gasteiger partial charge in [-0.05, 0) is 43.8 Å². The lowest BCUT2D eigenvalue weighted by Gasteiger charge is -2.25. The Morgan fingerprint density at radius 3 is 2.62 bits per heavy atom. The lowest BCUT2D eigenvalue weighted by molar-refractivity contribution is 0.250. The Bertz CT molecular complexity index is 702. The SMILES string of the molecule is CC(c1cccc(S(N)(=O)=O)c1)N(C)Cc1ccccn1. The summed E-state index contributed by atoms with van der Waals surface area (Å²) < 4.78 is 22.8. The summed E-state index contributed by atoms with van der Waals surface area (Å²) in [6.45, 7) is 2.70. The summed E-state index contributed by atoms with van der Waals surface area (Å²) >= 11 is 0. The highest BCUT2D eigenvalue weighted by atomic mass is 32.2. The molecular formula is C15H19N3O2S. The van der Waals surface area contributed by atoms with E-state index in [1.165, 1.54) is 6.07 Å². The Morgan fingerprint density at radius 2 is 2.00 bits per heavy atom. The van der Waals surface area contributed by atoms with Crippen LogP contribution < -0.4 is 5.14 Å². The summed E-state index contributed by atoms with van der Waals surface area (Å²) in [5.74, 6) is 0. The second kappa shape index (κ2) is 6.34. The summed E-state index contributed by atoms with van der Waals surface area (Å²) in [4.78, 5) is 6.53. The molecule has 1 unspecified atom stereocenters. The molecule has 2 aromatic rings. The Morgan fingerprint density at radius 1 is 1.24 bits per heavy atom. The molecule has 1 aromatic carbocycles. The molecule has 0 aliphatic heterocycles. The summed E-state index contributed by atoms with van der Waals surface area (Å²) in [7, 11) is -1.70. The second-order valence-corrected chi connectivity index (χ2v) is 6.59. The molecule has 0 saturated heterocycles. The van der Waals surface area contributed by atoms with Crippen LogP contribution in [0.5, 0.6) is 0 Å². The van der Waals surface area contributed by atoms with E-state index >= 15 is 0 Å². The van der Waals surface area contributed by atoms with Gasteiger partial charge in [-0.3, -0.25) is 9.88 Å². The molecule has 6 heteroatoms. The van der Waals surface area contributed by atoms with Crippen molar-refractivity contribution < 1.29 is 8.42 Å². The highest BCUT2D eigenvalue weighted by Crippen LogP contribution is 2.22. The monoisotopic (exact) mass is 305 g/mol. The fourth-order valence-electron chi connectivity index (χ4n) is 2.09. The van der Waals surface area contributed by atoms with Gasteiger partial charge in [-0.2, -0.15) is 0 Å². The van der Waals surface area contributed by atoms with Crippen molar-refractivity contribution in [2.75, 3.05) is 7.05 Å². The highest BCUT2D eigenvalue weighted by molar-refractivity contribution is 7.89. The normalized spacial score (nSPS) is 13.3. The maximum absolute atomic E-state index is 11.4. The number of pyridine rings is 1. The van der Waals surface area contributed by atoms with E-state index < -0.39 is 10.0 Å². The quantitative estimate of drug-likeness (QED) is 0.915. The number of nitrogens with zero attached hydrogens (tertiary/aromatic N) is 2. The minimum atomic E-state index is -3.67. The van der Waals surface area contributed by atoms with E-state index in [1.807, 2.05) is 38.2 Å². The van der Waals surface area contributed by atoms with Crippen molar-refractivity contribution in [3.63, 3.8) is 0 Å². The van der Waals surface area contributed by atoms with Crippen molar-refractivity contribution in [2.45, 2.75) is 24.4 Å². The average molecular weight is 305 g/mol. The van der Waals surface area contributed by atoms with Crippen molar-refractivity contribution in [1.82, 2.24) is 9.88 Å². The Balaban J connectivity index is 2.18. The molecule has 0 fully saturated rings. The fraction of sp³-hybridized carbons (Fsp3) is 0.267. The summed E-state index contributed by atoms with van der Waals surface area (Å²) in [5.41, 5.74) is 1.87. The molecule has 1 aromatic heterocycles. The maximum atomic E-state index is 11.4. The number of aromatic nitrogens is 1. The first-order valence-electron chi connectivity index (χ1n) is 6.61. The number of sulfonamides is 1. The lowest BCUT2D eigenvalue weighted by Crippen LogP contribution is -2.23. The summed E-state index contributed by atoms with van der Waals surface area (Å²) in [6, 6.07) is 12.6. The molecule has 0 spiro atoms. The number of rotatable bonds is 5. The first-order chi connectivity index (χ1) is 9.88. The van der Waals surface area contributed by atoms with Gasteiger partial charge in [0.25, 0.3) is 0 Å². The molecule has 0 aliphatic carbocycles. The van der Waals surface area contributed by atoms with E-state index in [0.717, 1.165) is 11.3 Å². The van der Waals surface area contributed by atoms with Gasteiger partial charge in [0.15, 0.2) is 0 Å². The van der Waals surface area contributed by atoms with E-state index in [9.17, 15) is 8.42 Å². The summed E-state index contributed by atoms with van der Waals surface area (Å²) in [6.07, 6.45) is 1.76. The van der Waals surface area contributed by atoms with Crippen LogP contribution in [0.25, 0.3) is 0 Å². The maximum Gasteiger partial charge on any atom is 0.238 e. The van der Waals surface area contributed by atoms with E-state index in [-0.39, 0.29) is 10.9 Å². The van der Waals surface area contributed by atoms with Crippen LogP contribution in [0, 0.1) is 0 Å². The highest BCUT2D eigenvalue weighted by Gasteiger charge is 2.15.